The van der Waals surface area contributed by atoms with Crippen LogP contribution < -0.4 is 5.63 Å². The first kappa shape index (κ1) is 23.7. The van der Waals surface area contributed by atoms with Crippen molar-refractivity contribution >= 4 is 10.9 Å². The van der Waals surface area contributed by atoms with Gasteiger partial charge in [0.25, 0.3) is 0 Å². The second-order valence-corrected chi connectivity index (χ2v) is 13.2. The number of aryl methyl sites for hydroxylation is 2. The monoisotopic (exact) mass is 477 g/mol. The second-order valence-electron chi connectivity index (χ2n) is 13.2. The van der Waals surface area contributed by atoms with Crippen molar-refractivity contribution in [2.75, 3.05) is 0 Å². The maximum absolute atomic E-state index is 12.4. The lowest BCUT2D eigenvalue weighted by molar-refractivity contribution is -0.162. The molecule has 2 aromatic rings. The average Bonchev–Trinajstić information content (AvgIpc) is 3.15. The Kier molecular flexibility index (Phi) is 5.90. The molecule has 0 spiro atoms. The van der Waals surface area contributed by atoms with Crippen LogP contribution in [0.15, 0.2) is 27.4 Å². The number of hydrogen-bond donors (Lipinski definition) is 1. The molecule has 0 saturated heterocycles. The summed E-state index contributed by atoms with van der Waals surface area (Å²) in [5.41, 5.74) is 2.40. The van der Waals surface area contributed by atoms with Crippen molar-refractivity contribution in [3.63, 3.8) is 0 Å². The highest BCUT2D eigenvalue weighted by Crippen LogP contribution is 2.67. The van der Waals surface area contributed by atoms with Crippen LogP contribution in [0.5, 0.6) is 0 Å². The summed E-state index contributed by atoms with van der Waals surface area (Å²) in [7, 11) is 0. The van der Waals surface area contributed by atoms with Crippen molar-refractivity contribution in [2.45, 2.75) is 104 Å². The zero-order valence-electron chi connectivity index (χ0n) is 21.9. The largest absolute Gasteiger partial charge is 0.408 e. The Hall–Kier alpha value is -1.68. The average molecular weight is 478 g/mol. The highest BCUT2D eigenvalue weighted by atomic mass is 16.4. The number of rotatable bonds is 4. The number of fused-ring (bicyclic) bond motifs is 6. The summed E-state index contributed by atoms with van der Waals surface area (Å²) < 4.78 is 5.57. The number of aliphatic hydroxyl groups is 1. The zero-order chi connectivity index (χ0) is 24.4. The summed E-state index contributed by atoms with van der Waals surface area (Å²) in [6.07, 6.45) is 14.5. The molecule has 0 radical (unpaired) electrons. The minimum Gasteiger partial charge on any atom is -0.408 e. The van der Waals surface area contributed by atoms with Crippen LogP contribution >= 0.6 is 0 Å². The maximum Gasteiger partial charge on any atom is 0.346 e. The van der Waals surface area contributed by atoms with Gasteiger partial charge < -0.3 is 9.52 Å². The molecule has 35 heavy (non-hydrogen) atoms. The smallest absolute Gasteiger partial charge is 0.346 e. The van der Waals surface area contributed by atoms with Crippen molar-refractivity contribution in [3.8, 4) is 0 Å². The van der Waals surface area contributed by atoms with E-state index in [1.807, 2.05) is 25.1 Å². The summed E-state index contributed by atoms with van der Waals surface area (Å²) in [4.78, 5) is 17.1. The van der Waals surface area contributed by atoms with Crippen LogP contribution in [0.2, 0.25) is 0 Å². The van der Waals surface area contributed by atoms with Gasteiger partial charge in [0, 0.05) is 6.42 Å². The molecule has 1 heterocycles. The quantitative estimate of drug-likeness (QED) is 0.524. The molecule has 4 nitrogen and oxygen atoms in total. The van der Waals surface area contributed by atoms with E-state index in [1.165, 1.54) is 51.4 Å². The van der Waals surface area contributed by atoms with Gasteiger partial charge >= 0.3 is 5.63 Å². The first-order chi connectivity index (χ1) is 16.8. The Morgan fingerprint density at radius 1 is 1.06 bits per heavy atom. The van der Waals surface area contributed by atoms with Crippen LogP contribution in [0.25, 0.3) is 10.9 Å². The van der Waals surface area contributed by atoms with Gasteiger partial charge in [-0.1, -0.05) is 32.8 Å². The molecule has 1 aromatic carbocycles. The molecule has 4 aliphatic carbocycles. The van der Waals surface area contributed by atoms with E-state index >= 15 is 0 Å². The summed E-state index contributed by atoms with van der Waals surface area (Å²) in [5.74, 6) is 3.90. The van der Waals surface area contributed by atoms with Crippen molar-refractivity contribution < 1.29 is 9.52 Å². The molecule has 4 aliphatic rings. The van der Waals surface area contributed by atoms with E-state index in [9.17, 15) is 9.90 Å². The Balaban J connectivity index is 1.15. The van der Waals surface area contributed by atoms with Crippen LogP contribution in [0.4, 0.5) is 0 Å². The van der Waals surface area contributed by atoms with E-state index in [2.05, 4.69) is 18.8 Å². The standard InChI is InChI=1S/C31H43NO3/c1-19-10-12-22-25(17-19)32-27(35-29(22)34)9-6-8-20-11-13-23-28-24(14-16-31(20,23)3)30(2)15-5-4-7-21(30)18-26(28)33/h10,12,17,20-21,23-24,26,28,33H,4-9,11,13-16,18H2,1-3H3. The number of aromatic nitrogens is 1. The van der Waals surface area contributed by atoms with Crippen LogP contribution in [0, 0.1) is 47.3 Å². The van der Waals surface area contributed by atoms with Crippen LogP contribution in [0.3, 0.4) is 0 Å². The summed E-state index contributed by atoms with van der Waals surface area (Å²) >= 11 is 0. The van der Waals surface area contributed by atoms with Crippen LogP contribution in [-0.4, -0.2) is 16.2 Å². The molecule has 190 valence electrons. The SMILES string of the molecule is Cc1ccc2c(=O)oc(CCCC3CCC4C5C(O)CC6CCCCC6(C)C5CCC34C)nc2c1. The van der Waals surface area contributed by atoms with Crippen molar-refractivity contribution in [1.82, 2.24) is 4.98 Å². The zero-order valence-corrected chi connectivity index (χ0v) is 21.9. The topological polar surface area (TPSA) is 63.3 Å². The van der Waals surface area contributed by atoms with Crippen LogP contribution in [0.1, 0.15) is 95.9 Å². The minimum absolute atomic E-state index is 0.0981. The van der Waals surface area contributed by atoms with E-state index < -0.39 is 0 Å². The van der Waals surface area contributed by atoms with Crippen molar-refractivity contribution in [3.05, 3.63) is 40.1 Å². The Morgan fingerprint density at radius 2 is 1.89 bits per heavy atom. The predicted molar refractivity (Wildman–Crippen MR) is 139 cm³/mol. The second kappa shape index (κ2) is 8.71. The Labute approximate surface area is 209 Å². The van der Waals surface area contributed by atoms with Gasteiger partial charge in [0.05, 0.1) is 17.0 Å². The molecule has 6 rings (SSSR count). The molecular weight excluding hydrogens is 434 g/mol. The molecule has 1 aromatic heterocycles. The third kappa shape index (κ3) is 3.81. The fourth-order valence-electron chi connectivity index (χ4n) is 9.67. The third-order valence-electron chi connectivity index (χ3n) is 11.6. The maximum atomic E-state index is 12.4. The number of aliphatic hydroxyl groups excluding tert-OH is 1. The lowest BCUT2D eigenvalue weighted by Gasteiger charge is -2.62. The first-order valence-electron chi connectivity index (χ1n) is 14.4. The summed E-state index contributed by atoms with van der Waals surface area (Å²) in [6, 6.07) is 5.73. The fraction of sp³-hybridized carbons (Fsp3) is 0.742. The van der Waals surface area contributed by atoms with Gasteiger partial charge in [0.1, 0.15) is 0 Å². The van der Waals surface area contributed by atoms with Gasteiger partial charge in [-0.15, -0.1) is 0 Å². The number of nitrogens with zero attached hydrogens (tertiary/aromatic N) is 1. The van der Waals surface area contributed by atoms with Crippen LogP contribution in [-0.2, 0) is 6.42 Å². The van der Waals surface area contributed by atoms with E-state index in [0.717, 1.165) is 42.7 Å². The normalized spacial score (nSPS) is 40.8. The molecule has 4 saturated carbocycles. The van der Waals surface area contributed by atoms with E-state index in [0.29, 0.717) is 45.8 Å². The van der Waals surface area contributed by atoms with Crippen molar-refractivity contribution in [1.29, 1.82) is 0 Å². The van der Waals surface area contributed by atoms with Gasteiger partial charge in [-0.3, -0.25) is 0 Å². The number of benzene rings is 1. The molecule has 4 heteroatoms. The van der Waals surface area contributed by atoms with E-state index in [4.69, 9.17) is 4.42 Å². The first-order valence-corrected chi connectivity index (χ1v) is 14.4. The Morgan fingerprint density at radius 3 is 2.74 bits per heavy atom. The molecule has 4 fully saturated rings. The van der Waals surface area contributed by atoms with Gasteiger partial charge in [0.15, 0.2) is 5.89 Å². The van der Waals surface area contributed by atoms with Gasteiger partial charge in [0.2, 0.25) is 0 Å². The molecule has 8 unspecified atom stereocenters. The van der Waals surface area contributed by atoms with Gasteiger partial charge in [-0.25, -0.2) is 9.78 Å². The fourth-order valence-corrected chi connectivity index (χ4v) is 9.67. The summed E-state index contributed by atoms with van der Waals surface area (Å²) in [5, 5.41) is 12.0. The lowest BCUT2D eigenvalue weighted by Crippen LogP contribution is -2.57. The molecule has 0 amide bonds. The van der Waals surface area contributed by atoms with Gasteiger partial charge in [-0.2, -0.15) is 0 Å². The number of hydrogen-bond acceptors (Lipinski definition) is 4. The molecule has 8 atom stereocenters. The third-order valence-corrected chi connectivity index (χ3v) is 11.6. The molecule has 1 N–H and O–H groups in total. The molecule has 0 bridgehead atoms. The lowest BCUT2D eigenvalue weighted by atomic mass is 9.44. The Bertz CT molecular complexity index is 1160. The summed E-state index contributed by atoms with van der Waals surface area (Å²) in [6.45, 7) is 7.16. The highest BCUT2D eigenvalue weighted by Gasteiger charge is 2.61. The van der Waals surface area contributed by atoms with Gasteiger partial charge in [-0.05, 0) is 123 Å². The van der Waals surface area contributed by atoms with E-state index in [1.54, 1.807) is 0 Å². The van der Waals surface area contributed by atoms with Crippen molar-refractivity contribution in [2.24, 2.45) is 40.4 Å². The molecular formula is C31H43NO3. The highest BCUT2D eigenvalue weighted by molar-refractivity contribution is 5.77. The van der Waals surface area contributed by atoms with E-state index in [-0.39, 0.29) is 11.7 Å². The molecule has 0 aliphatic heterocycles. The predicted octanol–water partition coefficient (Wildman–Crippen LogP) is 6.84. The minimum atomic E-state index is -0.267.